The highest BCUT2D eigenvalue weighted by atomic mass is 16.5. The summed E-state index contributed by atoms with van der Waals surface area (Å²) in [7, 11) is 0. The van der Waals surface area contributed by atoms with E-state index in [9.17, 15) is 0 Å². The summed E-state index contributed by atoms with van der Waals surface area (Å²) < 4.78 is 6.49. The van der Waals surface area contributed by atoms with Gasteiger partial charge >= 0.3 is 0 Å². The molecule has 2 unspecified atom stereocenters. The van der Waals surface area contributed by atoms with Crippen LogP contribution in [0.4, 0.5) is 0 Å². The molecule has 0 saturated heterocycles. The van der Waals surface area contributed by atoms with Gasteiger partial charge in [0.15, 0.2) is 0 Å². The normalized spacial score (nSPS) is 24.7. The van der Waals surface area contributed by atoms with Crippen LogP contribution in [0.2, 0.25) is 0 Å². The molecule has 1 aromatic heterocycles. The van der Waals surface area contributed by atoms with E-state index in [4.69, 9.17) is 4.74 Å². The first-order chi connectivity index (χ1) is 11.5. The van der Waals surface area contributed by atoms with E-state index in [2.05, 4.69) is 86.6 Å². The molecule has 0 saturated carbocycles. The van der Waals surface area contributed by atoms with Crippen molar-refractivity contribution >= 4 is 10.9 Å². The highest BCUT2D eigenvalue weighted by Gasteiger charge is 2.54. The molecule has 24 heavy (non-hydrogen) atoms. The number of fused-ring (bicyclic) bond motifs is 7. The highest BCUT2D eigenvalue weighted by molar-refractivity contribution is 5.98. The third kappa shape index (κ3) is 1.59. The van der Waals surface area contributed by atoms with Crippen LogP contribution in [0.25, 0.3) is 22.0 Å². The van der Waals surface area contributed by atoms with E-state index < -0.39 is 0 Å². The Kier molecular flexibility index (Phi) is 2.58. The summed E-state index contributed by atoms with van der Waals surface area (Å²) >= 11 is 0. The summed E-state index contributed by atoms with van der Waals surface area (Å²) in [5, 5.41) is 1.27. The Bertz CT molecular complexity index is 974. The first-order valence-electron chi connectivity index (χ1n) is 8.58. The molecule has 3 aromatic rings. The molecule has 2 heteroatoms. The smallest absolute Gasteiger partial charge is 0.120 e. The van der Waals surface area contributed by atoms with Gasteiger partial charge in [-0.3, -0.25) is 0 Å². The molecule has 0 aliphatic carbocycles. The summed E-state index contributed by atoms with van der Waals surface area (Å²) in [4.78, 5) is 3.55. The van der Waals surface area contributed by atoms with Crippen molar-refractivity contribution in [3.8, 4) is 11.1 Å². The maximum atomic E-state index is 6.49. The van der Waals surface area contributed by atoms with Gasteiger partial charge in [-0.25, -0.2) is 0 Å². The fourth-order valence-electron chi connectivity index (χ4n) is 4.32. The maximum absolute atomic E-state index is 6.49. The molecule has 0 radical (unpaired) electrons. The van der Waals surface area contributed by atoms with Crippen LogP contribution in [0.1, 0.15) is 38.0 Å². The monoisotopic (exact) mass is 315 g/mol. The molecule has 0 spiro atoms. The van der Waals surface area contributed by atoms with E-state index in [1.165, 1.54) is 33.2 Å². The molecule has 2 aliphatic heterocycles. The standard InChI is InChI=1S/C22H21NO/c1-21(2,3)22-12-11-18(24-22)16-10-9-15-17(13-23-20(15)19(16)22)14-7-5-4-6-8-14/h4-13,18,23H,1-3H3. The second kappa shape index (κ2) is 4.40. The van der Waals surface area contributed by atoms with Gasteiger partial charge in [0.2, 0.25) is 0 Å². The van der Waals surface area contributed by atoms with Crippen molar-refractivity contribution in [1.82, 2.24) is 4.98 Å². The Hall–Kier alpha value is -2.32. The van der Waals surface area contributed by atoms with Crippen LogP contribution >= 0.6 is 0 Å². The minimum Gasteiger partial charge on any atom is -0.360 e. The lowest BCUT2D eigenvalue weighted by Crippen LogP contribution is -2.37. The predicted octanol–water partition coefficient (Wildman–Crippen LogP) is 5.72. The molecule has 3 heterocycles. The fourth-order valence-corrected chi connectivity index (χ4v) is 4.32. The zero-order valence-corrected chi connectivity index (χ0v) is 14.3. The van der Waals surface area contributed by atoms with Gasteiger partial charge in [-0.1, -0.05) is 69.3 Å². The predicted molar refractivity (Wildman–Crippen MR) is 97.8 cm³/mol. The quantitative estimate of drug-likeness (QED) is 0.571. The molecular formula is C22H21NO. The van der Waals surface area contributed by atoms with Crippen molar-refractivity contribution in [2.24, 2.45) is 5.41 Å². The van der Waals surface area contributed by atoms with Crippen LogP contribution in [-0.4, -0.2) is 4.98 Å². The Morgan fingerprint density at radius 1 is 1.04 bits per heavy atom. The Balaban J connectivity index is 1.81. The van der Waals surface area contributed by atoms with Crippen molar-refractivity contribution in [3.63, 3.8) is 0 Å². The zero-order chi connectivity index (χ0) is 16.5. The topological polar surface area (TPSA) is 25.0 Å². The SMILES string of the molecule is CC(C)(C)C12C=CC(O1)c1ccc3c(-c4ccccc4)c[nH]c3c12. The van der Waals surface area contributed by atoms with Crippen molar-refractivity contribution in [2.75, 3.05) is 0 Å². The minimum atomic E-state index is -0.342. The average Bonchev–Trinajstić information content (AvgIpc) is 3.27. The molecule has 0 amide bonds. The van der Waals surface area contributed by atoms with Crippen LogP contribution in [0.3, 0.4) is 0 Å². The van der Waals surface area contributed by atoms with Gasteiger partial charge in [0.25, 0.3) is 0 Å². The number of benzene rings is 2. The van der Waals surface area contributed by atoms with E-state index in [0.717, 1.165) is 0 Å². The first kappa shape index (κ1) is 14.1. The Labute approximate surface area is 142 Å². The van der Waals surface area contributed by atoms with Crippen LogP contribution in [0.5, 0.6) is 0 Å². The Morgan fingerprint density at radius 2 is 1.83 bits per heavy atom. The van der Waals surface area contributed by atoms with Crippen molar-refractivity contribution in [1.29, 1.82) is 0 Å². The van der Waals surface area contributed by atoms with E-state index >= 15 is 0 Å². The Morgan fingerprint density at radius 3 is 2.58 bits per heavy atom. The third-order valence-corrected chi connectivity index (χ3v) is 5.58. The number of H-pyrrole nitrogens is 1. The van der Waals surface area contributed by atoms with Crippen molar-refractivity contribution in [3.05, 3.63) is 71.9 Å². The van der Waals surface area contributed by atoms with E-state index in [-0.39, 0.29) is 17.1 Å². The van der Waals surface area contributed by atoms with Crippen LogP contribution in [-0.2, 0) is 10.3 Å². The maximum Gasteiger partial charge on any atom is 0.120 e. The molecule has 2 atom stereocenters. The van der Waals surface area contributed by atoms with Gasteiger partial charge in [-0.15, -0.1) is 0 Å². The van der Waals surface area contributed by atoms with Crippen molar-refractivity contribution in [2.45, 2.75) is 32.5 Å². The number of aromatic amines is 1. The number of hydrogen-bond donors (Lipinski definition) is 1. The fraction of sp³-hybridized carbons (Fsp3) is 0.273. The van der Waals surface area contributed by atoms with Gasteiger partial charge in [0, 0.05) is 22.7 Å². The number of ether oxygens (including phenoxy) is 1. The van der Waals surface area contributed by atoms with Crippen LogP contribution in [0.15, 0.2) is 60.8 Å². The first-order valence-corrected chi connectivity index (χ1v) is 8.58. The minimum absolute atomic E-state index is 0.00416. The summed E-state index contributed by atoms with van der Waals surface area (Å²) in [6, 6.07) is 15.1. The second-order valence-corrected chi connectivity index (χ2v) is 7.90. The molecular weight excluding hydrogens is 294 g/mol. The van der Waals surface area contributed by atoms with Gasteiger partial charge in [0.1, 0.15) is 11.7 Å². The lowest BCUT2D eigenvalue weighted by molar-refractivity contribution is -0.0747. The second-order valence-electron chi connectivity index (χ2n) is 7.90. The molecule has 120 valence electrons. The lowest BCUT2D eigenvalue weighted by Gasteiger charge is -2.38. The molecule has 5 rings (SSSR count). The van der Waals surface area contributed by atoms with E-state index in [0.29, 0.717) is 0 Å². The molecule has 2 aliphatic rings. The summed E-state index contributed by atoms with van der Waals surface area (Å²) in [6.07, 6.45) is 6.70. The van der Waals surface area contributed by atoms with E-state index in [1.54, 1.807) is 0 Å². The summed E-state index contributed by atoms with van der Waals surface area (Å²) in [5.41, 5.74) is 6.00. The molecule has 2 nitrogen and oxygen atoms in total. The van der Waals surface area contributed by atoms with Crippen LogP contribution < -0.4 is 0 Å². The van der Waals surface area contributed by atoms with Gasteiger partial charge < -0.3 is 9.72 Å². The number of nitrogens with one attached hydrogen (secondary N) is 1. The summed E-state index contributed by atoms with van der Waals surface area (Å²) in [5.74, 6) is 0. The zero-order valence-electron chi connectivity index (χ0n) is 14.3. The van der Waals surface area contributed by atoms with Gasteiger partial charge in [-0.2, -0.15) is 0 Å². The molecule has 1 N–H and O–H groups in total. The molecule has 0 fully saturated rings. The number of rotatable bonds is 1. The number of aromatic nitrogens is 1. The lowest BCUT2D eigenvalue weighted by atomic mass is 9.70. The highest BCUT2D eigenvalue weighted by Crippen LogP contribution is 2.60. The van der Waals surface area contributed by atoms with Gasteiger partial charge in [0.05, 0.1) is 5.52 Å². The van der Waals surface area contributed by atoms with Crippen LogP contribution in [0, 0.1) is 5.41 Å². The van der Waals surface area contributed by atoms with E-state index in [1.807, 2.05) is 0 Å². The third-order valence-electron chi connectivity index (χ3n) is 5.58. The number of hydrogen-bond acceptors (Lipinski definition) is 1. The van der Waals surface area contributed by atoms with Crippen molar-refractivity contribution < 1.29 is 4.74 Å². The molecule has 2 bridgehead atoms. The molecule has 2 aromatic carbocycles. The largest absolute Gasteiger partial charge is 0.360 e. The summed E-state index contributed by atoms with van der Waals surface area (Å²) in [6.45, 7) is 6.78. The average molecular weight is 315 g/mol. The van der Waals surface area contributed by atoms with Gasteiger partial charge in [-0.05, 0) is 22.6 Å².